The van der Waals surface area contributed by atoms with Gasteiger partial charge in [0.15, 0.2) is 6.10 Å². The summed E-state index contributed by atoms with van der Waals surface area (Å²) in [4.78, 5) is 17.6. The molecule has 2 aromatic carbocycles. The van der Waals surface area contributed by atoms with E-state index in [-0.39, 0.29) is 5.91 Å². The van der Waals surface area contributed by atoms with E-state index in [2.05, 4.69) is 61.2 Å². The van der Waals surface area contributed by atoms with Gasteiger partial charge in [-0.2, -0.15) is 0 Å². The van der Waals surface area contributed by atoms with E-state index in [1.54, 1.807) is 0 Å². The number of benzene rings is 2. The zero-order valence-corrected chi connectivity index (χ0v) is 20.0. The lowest BCUT2D eigenvalue weighted by atomic mass is 10.1. The van der Waals surface area contributed by atoms with E-state index in [4.69, 9.17) is 4.74 Å². The van der Waals surface area contributed by atoms with Crippen LogP contribution in [0.15, 0.2) is 54.6 Å². The number of hydrogen-bond donors (Lipinski definition) is 0. The van der Waals surface area contributed by atoms with Crippen molar-refractivity contribution < 1.29 is 9.53 Å². The molecule has 4 heteroatoms. The Kier molecular flexibility index (Phi) is 10.1. The molecule has 1 heterocycles. The van der Waals surface area contributed by atoms with Crippen molar-refractivity contribution in [1.82, 2.24) is 9.80 Å². The number of nitrogens with zero attached hydrogens (tertiary/aromatic N) is 2. The Labute approximate surface area is 194 Å². The standard InChI is InChI=1S/C28H40N2O2/c1-3-5-6-8-12-24-15-17-26(18-16-24)32-27(11-4-2)28(31)30-21-19-29(20-22-30)23-25-13-9-7-10-14-25/h7,9-10,13-18,27H,3-6,8,11-12,19-23H2,1-2H3. The molecule has 1 atom stereocenters. The van der Waals surface area contributed by atoms with Gasteiger partial charge >= 0.3 is 0 Å². The summed E-state index contributed by atoms with van der Waals surface area (Å²) in [5.41, 5.74) is 2.68. The maximum absolute atomic E-state index is 13.2. The number of hydrogen-bond acceptors (Lipinski definition) is 3. The molecule has 0 saturated carbocycles. The number of rotatable bonds is 12. The third-order valence-corrected chi connectivity index (χ3v) is 6.28. The summed E-state index contributed by atoms with van der Waals surface area (Å²) in [6, 6.07) is 18.9. The molecule has 3 rings (SSSR count). The molecule has 1 aliphatic rings. The molecule has 1 amide bonds. The quantitative estimate of drug-likeness (QED) is 0.400. The molecular weight excluding hydrogens is 396 g/mol. The van der Waals surface area contributed by atoms with Gasteiger partial charge < -0.3 is 9.64 Å². The van der Waals surface area contributed by atoms with Crippen LogP contribution in [-0.2, 0) is 17.8 Å². The monoisotopic (exact) mass is 436 g/mol. The van der Waals surface area contributed by atoms with Crippen molar-refractivity contribution >= 4 is 5.91 Å². The van der Waals surface area contributed by atoms with Crippen LogP contribution in [0, 0.1) is 0 Å². The second kappa shape index (κ2) is 13.3. The number of aryl methyl sites for hydroxylation is 1. The van der Waals surface area contributed by atoms with E-state index in [1.165, 1.54) is 36.8 Å². The summed E-state index contributed by atoms with van der Waals surface area (Å²) in [7, 11) is 0. The highest BCUT2D eigenvalue weighted by Gasteiger charge is 2.28. The van der Waals surface area contributed by atoms with E-state index in [1.807, 2.05) is 17.0 Å². The predicted octanol–water partition coefficient (Wildman–Crippen LogP) is 5.70. The Hall–Kier alpha value is -2.33. The van der Waals surface area contributed by atoms with Crippen molar-refractivity contribution in [3.63, 3.8) is 0 Å². The Morgan fingerprint density at radius 1 is 0.844 bits per heavy atom. The van der Waals surface area contributed by atoms with Crippen LogP contribution < -0.4 is 4.74 Å². The minimum Gasteiger partial charge on any atom is -0.481 e. The predicted molar refractivity (Wildman–Crippen MR) is 132 cm³/mol. The van der Waals surface area contributed by atoms with Crippen LogP contribution in [0.2, 0.25) is 0 Å². The van der Waals surface area contributed by atoms with Crippen LogP contribution in [-0.4, -0.2) is 48.0 Å². The lowest BCUT2D eigenvalue weighted by Gasteiger charge is -2.36. The highest BCUT2D eigenvalue weighted by molar-refractivity contribution is 5.81. The van der Waals surface area contributed by atoms with Gasteiger partial charge in [0.2, 0.25) is 0 Å². The minimum absolute atomic E-state index is 0.134. The van der Waals surface area contributed by atoms with Crippen molar-refractivity contribution in [2.24, 2.45) is 0 Å². The molecular formula is C28H40N2O2. The van der Waals surface area contributed by atoms with E-state index in [0.29, 0.717) is 0 Å². The normalized spacial score (nSPS) is 15.5. The molecule has 174 valence electrons. The van der Waals surface area contributed by atoms with Crippen LogP contribution >= 0.6 is 0 Å². The summed E-state index contributed by atoms with van der Waals surface area (Å²) in [6.45, 7) is 8.66. The first-order valence-electron chi connectivity index (χ1n) is 12.5. The highest BCUT2D eigenvalue weighted by atomic mass is 16.5. The first-order valence-corrected chi connectivity index (χ1v) is 12.5. The van der Waals surface area contributed by atoms with Crippen molar-refractivity contribution in [3.05, 3.63) is 65.7 Å². The first kappa shape index (κ1) is 24.3. The Balaban J connectivity index is 1.49. The van der Waals surface area contributed by atoms with Crippen LogP contribution in [0.4, 0.5) is 0 Å². The fourth-order valence-electron chi connectivity index (χ4n) is 4.32. The van der Waals surface area contributed by atoms with E-state index >= 15 is 0 Å². The Morgan fingerprint density at radius 3 is 2.22 bits per heavy atom. The summed E-state index contributed by atoms with van der Waals surface area (Å²) < 4.78 is 6.19. The molecule has 0 spiro atoms. The highest BCUT2D eigenvalue weighted by Crippen LogP contribution is 2.19. The molecule has 0 aromatic heterocycles. The van der Waals surface area contributed by atoms with Crippen molar-refractivity contribution in [3.8, 4) is 5.75 Å². The van der Waals surface area contributed by atoms with Crippen molar-refractivity contribution in [2.45, 2.75) is 71.4 Å². The number of piperazine rings is 1. The lowest BCUT2D eigenvalue weighted by Crippen LogP contribution is -2.52. The van der Waals surface area contributed by atoms with Gasteiger partial charge in [-0.1, -0.05) is 82.0 Å². The molecule has 1 aliphatic heterocycles. The Morgan fingerprint density at radius 2 is 1.56 bits per heavy atom. The molecule has 1 saturated heterocycles. The lowest BCUT2D eigenvalue weighted by molar-refractivity contribution is -0.140. The topological polar surface area (TPSA) is 32.8 Å². The van der Waals surface area contributed by atoms with Crippen LogP contribution in [0.25, 0.3) is 0 Å². The van der Waals surface area contributed by atoms with Crippen molar-refractivity contribution in [2.75, 3.05) is 26.2 Å². The second-order valence-corrected chi connectivity index (χ2v) is 8.94. The fraction of sp³-hybridized carbons (Fsp3) is 0.536. The van der Waals surface area contributed by atoms with Crippen LogP contribution in [0.3, 0.4) is 0 Å². The van der Waals surface area contributed by atoms with E-state index < -0.39 is 6.10 Å². The second-order valence-electron chi connectivity index (χ2n) is 8.94. The van der Waals surface area contributed by atoms with Gasteiger partial charge in [0.1, 0.15) is 5.75 Å². The number of carbonyl (C=O) groups is 1. The Bertz CT molecular complexity index is 783. The number of unbranched alkanes of at least 4 members (excludes halogenated alkanes) is 3. The smallest absolute Gasteiger partial charge is 0.263 e. The summed E-state index contributed by atoms with van der Waals surface area (Å²) in [5.74, 6) is 0.937. The summed E-state index contributed by atoms with van der Waals surface area (Å²) in [6.07, 6.45) is 7.51. The molecule has 0 aliphatic carbocycles. The van der Waals surface area contributed by atoms with Gasteiger partial charge in [0, 0.05) is 32.7 Å². The molecule has 0 N–H and O–H groups in total. The van der Waals surface area contributed by atoms with Gasteiger partial charge in [0.25, 0.3) is 5.91 Å². The number of ether oxygens (including phenoxy) is 1. The maximum Gasteiger partial charge on any atom is 0.263 e. The molecule has 0 bridgehead atoms. The van der Waals surface area contributed by atoms with Crippen LogP contribution in [0.5, 0.6) is 5.75 Å². The van der Waals surface area contributed by atoms with Gasteiger partial charge in [-0.05, 0) is 42.5 Å². The van der Waals surface area contributed by atoms with Gasteiger partial charge in [0.05, 0.1) is 0 Å². The third kappa shape index (κ3) is 7.67. The zero-order valence-electron chi connectivity index (χ0n) is 20.0. The fourth-order valence-corrected chi connectivity index (χ4v) is 4.32. The van der Waals surface area contributed by atoms with E-state index in [0.717, 1.165) is 57.7 Å². The molecule has 4 nitrogen and oxygen atoms in total. The first-order chi connectivity index (χ1) is 15.7. The van der Waals surface area contributed by atoms with Gasteiger partial charge in [-0.3, -0.25) is 9.69 Å². The number of amides is 1. The van der Waals surface area contributed by atoms with Crippen LogP contribution in [0.1, 0.15) is 63.5 Å². The maximum atomic E-state index is 13.2. The largest absolute Gasteiger partial charge is 0.481 e. The molecule has 0 radical (unpaired) electrons. The zero-order chi connectivity index (χ0) is 22.6. The third-order valence-electron chi connectivity index (χ3n) is 6.28. The summed E-state index contributed by atoms with van der Waals surface area (Å²) >= 11 is 0. The van der Waals surface area contributed by atoms with Gasteiger partial charge in [-0.15, -0.1) is 0 Å². The molecule has 2 aromatic rings. The van der Waals surface area contributed by atoms with E-state index in [9.17, 15) is 4.79 Å². The SMILES string of the molecule is CCCCCCc1ccc(OC(CCC)C(=O)N2CCN(Cc3ccccc3)CC2)cc1. The molecule has 1 unspecified atom stereocenters. The molecule has 32 heavy (non-hydrogen) atoms. The average Bonchev–Trinajstić information content (AvgIpc) is 2.83. The van der Waals surface area contributed by atoms with Crippen molar-refractivity contribution in [1.29, 1.82) is 0 Å². The average molecular weight is 437 g/mol. The minimum atomic E-state index is -0.393. The summed E-state index contributed by atoms with van der Waals surface area (Å²) in [5, 5.41) is 0. The number of carbonyl (C=O) groups excluding carboxylic acids is 1. The molecule has 1 fully saturated rings. The van der Waals surface area contributed by atoms with Gasteiger partial charge in [-0.25, -0.2) is 0 Å².